The van der Waals surface area contributed by atoms with Crippen molar-refractivity contribution in [2.75, 3.05) is 32.8 Å². The van der Waals surface area contributed by atoms with Crippen molar-refractivity contribution in [1.82, 2.24) is 25.1 Å². The van der Waals surface area contributed by atoms with E-state index in [1.165, 1.54) is 0 Å². The molecule has 0 atom stereocenters. The second-order valence-electron chi connectivity index (χ2n) is 4.34. The van der Waals surface area contributed by atoms with Crippen LogP contribution in [0.5, 0.6) is 0 Å². The fourth-order valence-corrected chi connectivity index (χ4v) is 2.99. The van der Waals surface area contributed by atoms with Crippen LogP contribution in [-0.4, -0.2) is 57.9 Å². The lowest BCUT2D eigenvalue weighted by Gasteiger charge is -2.25. The molecular weight excluding hydrogens is 282 g/mol. The van der Waals surface area contributed by atoms with Gasteiger partial charge in [0.15, 0.2) is 5.82 Å². The van der Waals surface area contributed by atoms with Crippen LogP contribution in [0.25, 0.3) is 10.7 Å². The molecule has 1 saturated heterocycles. The Morgan fingerprint density at radius 1 is 1.37 bits per heavy atom. The number of nitrogens with one attached hydrogen (secondary N) is 2. The fourth-order valence-electron chi connectivity index (χ4n) is 2.00. The molecular formula is C11H15N5OS2. The highest BCUT2D eigenvalue weighted by molar-refractivity contribution is 7.71. The first-order valence-electron chi connectivity index (χ1n) is 6.21. The van der Waals surface area contributed by atoms with E-state index in [9.17, 15) is 0 Å². The molecule has 0 unspecified atom stereocenters. The number of hydrogen-bond donors (Lipinski definition) is 2. The van der Waals surface area contributed by atoms with Gasteiger partial charge in [-0.15, -0.1) is 11.3 Å². The Labute approximate surface area is 119 Å². The van der Waals surface area contributed by atoms with Crippen LogP contribution in [0.3, 0.4) is 0 Å². The Balaban J connectivity index is 1.60. The lowest BCUT2D eigenvalue weighted by atomic mass is 10.3. The lowest BCUT2D eigenvalue weighted by molar-refractivity contribution is 0.0384. The van der Waals surface area contributed by atoms with Crippen molar-refractivity contribution in [3.8, 4) is 10.7 Å². The number of thiazole rings is 1. The normalized spacial score (nSPS) is 16.8. The number of morpholine rings is 1. The summed E-state index contributed by atoms with van der Waals surface area (Å²) in [6.45, 7) is 4.75. The Kier molecular flexibility index (Phi) is 4.02. The molecule has 2 aromatic rings. The van der Waals surface area contributed by atoms with Gasteiger partial charge in [-0.3, -0.25) is 15.1 Å². The first kappa shape index (κ1) is 12.9. The van der Waals surface area contributed by atoms with Gasteiger partial charge in [0.05, 0.1) is 23.1 Å². The number of H-pyrrole nitrogens is 2. The van der Waals surface area contributed by atoms with Crippen LogP contribution >= 0.6 is 23.6 Å². The maximum Gasteiger partial charge on any atom is 0.213 e. The zero-order chi connectivity index (χ0) is 13.1. The van der Waals surface area contributed by atoms with Crippen molar-refractivity contribution in [3.63, 3.8) is 0 Å². The molecule has 102 valence electrons. The third-order valence-electron chi connectivity index (χ3n) is 3.03. The van der Waals surface area contributed by atoms with Crippen molar-refractivity contribution >= 4 is 23.6 Å². The Morgan fingerprint density at radius 2 is 2.21 bits per heavy atom. The molecule has 0 spiro atoms. The van der Waals surface area contributed by atoms with Crippen LogP contribution in [-0.2, 0) is 11.2 Å². The van der Waals surface area contributed by atoms with E-state index in [1.54, 1.807) is 11.3 Å². The molecule has 1 aliphatic heterocycles. The molecule has 1 fully saturated rings. The number of aromatic nitrogens is 4. The number of nitrogens with zero attached hydrogens (tertiary/aromatic N) is 3. The highest BCUT2D eigenvalue weighted by Gasteiger charge is 2.12. The number of rotatable bonds is 4. The van der Waals surface area contributed by atoms with E-state index in [2.05, 4.69) is 25.1 Å². The Bertz CT molecular complexity index is 584. The summed E-state index contributed by atoms with van der Waals surface area (Å²) in [4.78, 5) is 12.1. The molecule has 2 N–H and O–H groups in total. The molecule has 19 heavy (non-hydrogen) atoms. The molecule has 3 rings (SSSR count). The summed E-state index contributed by atoms with van der Waals surface area (Å²) in [6, 6.07) is 0. The topological polar surface area (TPSA) is 69.8 Å². The van der Waals surface area contributed by atoms with E-state index in [4.69, 9.17) is 17.0 Å². The zero-order valence-corrected chi connectivity index (χ0v) is 12.0. The van der Waals surface area contributed by atoms with Crippen LogP contribution in [0, 0.1) is 4.77 Å². The minimum absolute atomic E-state index is 0.471. The standard InChI is InChI=1S/C11H15N5OS2/c18-11-13-10(14-15-11)8-7-12-9(19-8)1-2-16-3-5-17-6-4-16/h7H,1-6H2,(H2,13,14,15,18). The lowest BCUT2D eigenvalue weighted by Crippen LogP contribution is -2.37. The summed E-state index contributed by atoms with van der Waals surface area (Å²) >= 11 is 6.60. The van der Waals surface area contributed by atoms with Crippen molar-refractivity contribution in [1.29, 1.82) is 0 Å². The van der Waals surface area contributed by atoms with Crippen molar-refractivity contribution in [2.24, 2.45) is 0 Å². The summed E-state index contributed by atoms with van der Waals surface area (Å²) < 4.78 is 5.81. The van der Waals surface area contributed by atoms with Crippen molar-refractivity contribution < 1.29 is 4.74 Å². The molecule has 0 aliphatic carbocycles. The third kappa shape index (κ3) is 3.27. The first-order chi connectivity index (χ1) is 9.31. The molecule has 6 nitrogen and oxygen atoms in total. The molecule has 3 heterocycles. The second kappa shape index (κ2) is 5.91. The van der Waals surface area contributed by atoms with Gasteiger partial charge >= 0.3 is 0 Å². The van der Waals surface area contributed by atoms with E-state index >= 15 is 0 Å². The average Bonchev–Trinajstić information content (AvgIpc) is 3.06. The molecule has 2 aromatic heterocycles. The number of ether oxygens (including phenoxy) is 1. The van der Waals surface area contributed by atoms with Gasteiger partial charge < -0.3 is 4.74 Å². The minimum Gasteiger partial charge on any atom is -0.379 e. The van der Waals surface area contributed by atoms with Gasteiger partial charge in [-0.2, -0.15) is 4.98 Å². The van der Waals surface area contributed by atoms with Crippen LogP contribution in [0.4, 0.5) is 0 Å². The van der Waals surface area contributed by atoms with Crippen molar-refractivity contribution in [3.05, 3.63) is 16.0 Å². The smallest absolute Gasteiger partial charge is 0.213 e. The summed E-state index contributed by atoms with van der Waals surface area (Å²) in [5.41, 5.74) is 0. The van der Waals surface area contributed by atoms with Crippen LogP contribution in [0.15, 0.2) is 6.20 Å². The first-order valence-corrected chi connectivity index (χ1v) is 7.43. The summed E-state index contributed by atoms with van der Waals surface area (Å²) in [6.07, 6.45) is 2.82. The molecule has 0 bridgehead atoms. The largest absolute Gasteiger partial charge is 0.379 e. The third-order valence-corrected chi connectivity index (χ3v) is 4.29. The summed E-state index contributed by atoms with van der Waals surface area (Å²) in [7, 11) is 0. The van der Waals surface area contributed by atoms with Gasteiger partial charge in [0.2, 0.25) is 4.77 Å². The zero-order valence-electron chi connectivity index (χ0n) is 10.4. The Morgan fingerprint density at radius 3 is 2.95 bits per heavy atom. The van der Waals surface area contributed by atoms with Crippen molar-refractivity contribution in [2.45, 2.75) is 6.42 Å². The summed E-state index contributed by atoms with van der Waals surface area (Å²) in [5, 5.41) is 6.87. The van der Waals surface area contributed by atoms with Gasteiger partial charge in [-0.05, 0) is 12.2 Å². The number of aromatic amines is 2. The SMILES string of the molecule is S=c1nc(-c2cnc(CCN3CCOCC3)s2)[nH][nH]1. The van der Waals surface area contributed by atoms with Gasteiger partial charge in [0.1, 0.15) is 0 Å². The monoisotopic (exact) mass is 297 g/mol. The average molecular weight is 297 g/mol. The maximum atomic E-state index is 5.34. The van der Waals surface area contributed by atoms with E-state index in [0.717, 1.165) is 55.0 Å². The highest BCUT2D eigenvalue weighted by atomic mass is 32.1. The molecule has 1 aliphatic rings. The Hall–Kier alpha value is -1.09. The molecule has 8 heteroatoms. The highest BCUT2D eigenvalue weighted by Crippen LogP contribution is 2.22. The van der Waals surface area contributed by atoms with E-state index in [0.29, 0.717) is 4.77 Å². The fraction of sp³-hybridized carbons (Fsp3) is 0.545. The van der Waals surface area contributed by atoms with E-state index < -0.39 is 0 Å². The molecule has 0 aromatic carbocycles. The molecule has 0 saturated carbocycles. The molecule has 0 amide bonds. The van der Waals surface area contributed by atoms with Gasteiger partial charge in [0.25, 0.3) is 0 Å². The van der Waals surface area contributed by atoms with E-state index in [-0.39, 0.29) is 0 Å². The van der Waals surface area contributed by atoms with Gasteiger partial charge in [-0.25, -0.2) is 4.98 Å². The maximum absolute atomic E-state index is 5.34. The molecule has 0 radical (unpaired) electrons. The van der Waals surface area contributed by atoms with E-state index in [1.807, 2.05) is 6.20 Å². The van der Waals surface area contributed by atoms with Crippen LogP contribution < -0.4 is 0 Å². The van der Waals surface area contributed by atoms with Crippen LogP contribution in [0.2, 0.25) is 0 Å². The van der Waals surface area contributed by atoms with Gasteiger partial charge in [-0.1, -0.05) is 0 Å². The number of hydrogen-bond acceptors (Lipinski definition) is 6. The summed E-state index contributed by atoms with van der Waals surface area (Å²) in [5.74, 6) is 0.764. The van der Waals surface area contributed by atoms with Crippen LogP contribution in [0.1, 0.15) is 5.01 Å². The minimum atomic E-state index is 0.471. The van der Waals surface area contributed by atoms with Gasteiger partial charge in [0, 0.05) is 32.3 Å². The quantitative estimate of drug-likeness (QED) is 0.836. The second-order valence-corrected chi connectivity index (χ2v) is 5.84. The predicted octanol–water partition coefficient (Wildman–Crippen LogP) is 1.47. The predicted molar refractivity (Wildman–Crippen MR) is 75.8 cm³/mol.